The molecule has 1 fully saturated rings. The molecule has 2 nitrogen and oxygen atoms in total. The molecule has 1 aliphatic rings. The van der Waals surface area contributed by atoms with E-state index in [9.17, 15) is 0 Å². The molecule has 2 N–H and O–H groups in total. The fourth-order valence-corrected chi connectivity index (χ4v) is 2.56. The third-order valence-corrected chi connectivity index (χ3v) is 3.47. The van der Waals surface area contributed by atoms with Crippen molar-refractivity contribution in [1.29, 1.82) is 0 Å². The molecule has 0 spiro atoms. The summed E-state index contributed by atoms with van der Waals surface area (Å²) in [7, 11) is 2.25. The molecular weight excluding hydrogens is 172 g/mol. The minimum atomic E-state index is 0.822. The molecule has 0 bridgehead atoms. The molecule has 0 amide bonds. The first-order valence-electron chi connectivity index (χ1n) is 6.14. The van der Waals surface area contributed by atoms with Crippen LogP contribution in [0.2, 0.25) is 0 Å². The van der Waals surface area contributed by atoms with Crippen molar-refractivity contribution in [2.75, 3.05) is 26.7 Å². The van der Waals surface area contributed by atoms with Crippen LogP contribution in [0.25, 0.3) is 0 Å². The third-order valence-electron chi connectivity index (χ3n) is 3.47. The number of nitrogens with zero attached hydrogens (tertiary/aromatic N) is 1. The van der Waals surface area contributed by atoms with Crippen LogP contribution in [0.15, 0.2) is 0 Å². The molecule has 1 saturated carbocycles. The van der Waals surface area contributed by atoms with Crippen LogP contribution in [-0.4, -0.2) is 31.6 Å². The zero-order chi connectivity index (χ0) is 10.4. The highest BCUT2D eigenvalue weighted by Gasteiger charge is 2.20. The van der Waals surface area contributed by atoms with Crippen LogP contribution < -0.4 is 5.73 Å². The molecule has 84 valence electrons. The minimum absolute atomic E-state index is 0.822. The first-order chi connectivity index (χ1) is 6.76. The zero-order valence-electron chi connectivity index (χ0n) is 9.84. The SMILES string of the molecule is CCCN(C)CC1CCC(CN)CC1. The largest absolute Gasteiger partial charge is 0.330 e. The van der Waals surface area contributed by atoms with Gasteiger partial charge in [-0.25, -0.2) is 0 Å². The Bertz CT molecular complexity index is 139. The maximum Gasteiger partial charge on any atom is 0.000661 e. The second-order valence-electron chi connectivity index (χ2n) is 4.88. The third kappa shape index (κ3) is 3.97. The second-order valence-corrected chi connectivity index (χ2v) is 4.88. The van der Waals surface area contributed by atoms with Crippen LogP contribution in [0.3, 0.4) is 0 Å². The first-order valence-corrected chi connectivity index (χ1v) is 6.14. The van der Waals surface area contributed by atoms with Crippen LogP contribution in [-0.2, 0) is 0 Å². The van der Waals surface area contributed by atoms with Crippen molar-refractivity contribution in [3.8, 4) is 0 Å². The number of hydrogen-bond donors (Lipinski definition) is 1. The monoisotopic (exact) mass is 198 g/mol. The highest BCUT2D eigenvalue weighted by molar-refractivity contribution is 4.74. The fraction of sp³-hybridized carbons (Fsp3) is 1.00. The Hall–Kier alpha value is -0.0800. The van der Waals surface area contributed by atoms with Gasteiger partial charge in [0.25, 0.3) is 0 Å². The van der Waals surface area contributed by atoms with Crippen molar-refractivity contribution in [2.24, 2.45) is 17.6 Å². The van der Waals surface area contributed by atoms with E-state index in [4.69, 9.17) is 5.73 Å². The van der Waals surface area contributed by atoms with Gasteiger partial charge in [0.1, 0.15) is 0 Å². The summed E-state index contributed by atoms with van der Waals surface area (Å²) in [5, 5.41) is 0. The molecule has 0 aliphatic heterocycles. The average Bonchev–Trinajstić information content (AvgIpc) is 2.19. The van der Waals surface area contributed by atoms with Gasteiger partial charge in [0.2, 0.25) is 0 Å². The molecule has 0 aromatic rings. The van der Waals surface area contributed by atoms with Crippen LogP contribution in [0, 0.1) is 11.8 Å². The highest BCUT2D eigenvalue weighted by Crippen LogP contribution is 2.28. The van der Waals surface area contributed by atoms with Gasteiger partial charge in [-0.15, -0.1) is 0 Å². The average molecular weight is 198 g/mol. The molecule has 0 saturated heterocycles. The smallest absolute Gasteiger partial charge is 0.000661 e. The van der Waals surface area contributed by atoms with E-state index >= 15 is 0 Å². The molecule has 1 rings (SSSR count). The van der Waals surface area contributed by atoms with E-state index in [1.54, 1.807) is 0 Å². The van der Waals surface area contributed by atoms with Crippen LogP contribution in [0.1, 0.15) is 39.0 Å². The van der Waals surface area contributed by atoms with E-state index in [-0.39, 0.29) is 0 Å². The minimum Gasteiger partial charge on any atom is -0.330 e. The van der Waals surface area contributed by atoms with Gasteiger partial charge in [0, 0.05) is 6.54 Å². The van der Waals surface area contributed by atoms with Crippen molar-refractivity contribution in [2.45, 2.75) is 39.0 Å². The van der Waals surface area contributed by atoms with Gasteiger partial charge < -0.3 is 10.6 Å². The molecular formula is C12H26N2. The van der Waals surface area contributed by atoms with E-state index in [1.807, 2.05) is 0 Å². The topological polar surface area (TPSA) is 29.3 Å². The van der Waals surface area contributed by atoms with Crippen molar-refractivity contribution >= 4 is 0 Å². The lowest BCUT2D eigenvalue weighted by molar-refractivity contribution is 0.206. The Kier molecular flexibility index (Phi) is 5.49. The van der Waals surface area contributed by atoms with E-state index in [1.165, 1.54) is 45.2 Å². The summed E-state index contributed by atoms with van der Waals surface area (Å²) in [4.78, 5) is 2.48. The van der Waals surface area contributed by atoms with Gasteiger partial charge in [-0.3, -0.25) is 0 Å². The van der Waals surface area contributed by atoms with Crippen LogP contribution in [0.4, 0.5) is 0 Å². The van der Waals surface area contributed by atoms with E-state index in [0.29, 0.717) is 0 Å². The first kappa shape index (κ1) is 12.0. The number of hydrogen-bond acceptors (Lipinski definition) is 2. The summed E-state index contributed by atoms with van der Waals surface area (Å²) in [5.74, 6) is 1.76. The maximum atomic E-state index is 5.69. The summed E-state index contributed by atoms with van der Waals surface area (Å²) in [5.41, 5.74) is 5.69. The molecule has 0 heterocycles. The fourth-order valence-electron chi connectivity index (χ4n) is 2.56. The molecule has 0 aromatic heterocycles. The van der Waals surface area contributed by atoms with Gasteiger partial charge in [-0.1, -0.05) is 6.92 Å². The lowest BCUT2D eigenvalue weighted by Crippen LogP contribution is -2.30. The van der Waals surface area contributed by atoms with Gasteiger partial charge in [-0.05, 0) is 64.1 Å². The molecule has 0 radical (unpaired) electrons. The Morgan fingerprint density at radius 3 is 2.21 bits per heavy atom. The van der Waals surface area contributed by atoms with Gasteiger partial charge >= 0.3 is 0 Å². The lowest BCUT2D eigenvalue weighted by Gasteiger charge is -2.30. The summed E-state index contributed by atoms with van der Waals surface area (Å²) >= 11 is 0. The van der Waals surface area contributed by atoms with Crippen LogP contribution >= 0.6 is 0 Å². The predicted molar refractivity (Wildman–Crippen MR) is 62.3 cm³/mol. The molecule has 0 atom stereocenters. The summed E-state index contributed by atoms with van der Waals surface area (Å²) in [6.45, 7) is 5.70. The summed E-state index contributed by atoms with van der Waals surface area (Å²) in [6, 6.07) is 0. The van der Waals surface area contributed by atoms with Crippen LogP contribution in [0.5, 0.6) is 0 Å². The van der Waals surface area contributed by atoms with E-state index in [0.717, 1.165) is 18.4 Å². The zero-order valence-corrected chi connectivity index (χ0v) is 9.84. The van der Waals surface area contributed by atoms with Crippen molar-refractivity contribution in [3.63, 3.8) is 0 Å². The highest BCUT2D eigenvalue weighted by atomic mass is 15.1. The normalized spacial score (nSPS) is 28.3. The Labute approximate surface area is 88.8 Å². The Morgan fingerprint density at radius 1 is 1.14 bits per heavy atom. The molecule has 0 aromatic carbocycles. The Morgan fingerprint density at radius 2 is 1.71 bits per heavy atom. The van der Waals surface area contributed by atoms with E-state index in [2.05, 4.69) is 18.9 Å². The predicted octanol–water partition coefficient (Wildman–Crippen LogP) is 2.09. The molecule has 1 aliphatic carbocycles. The second kappa shape index (κ2) is 6.41. The van der Waals surface area contributed by atoms with Gasteiger partial charge in [-0.2, -0.15) is 0 Å². The van der Waals surface area contributed by atoms with Crippen molar-refractivity contribution < 1.29 is 0 Å². The van der Waals surface area contributed by atoms with E-state index < -0.39 is 0 Å². The number of rotatable bonds is 5. The molecule has 2 heteroatoms. The van der Waals surface area contributed by atoms with Gasteiger partial charge in [0.15, 0.2) is 0 Å². The number of nitrogens with two attached hydrogens (primary N) is 1. The standard InChI is InChI=1S/C12H26N2/c1-3-8-14(2)10-12-6-4-11(9-13)5-7-12/h11-12H,3-10,13H2,1-2H3. The summed E-state index contributed by atoms with van der Waals surface area (Å²) < 4.78 is 0. The lowest BCUT2D eigenvalue weighted by atomic mass is 9.82. The maximum absolute atomic E-state index is 5.69. The molecule has 0 unspecified atom stereocenters. The molecule has 14 heavy (non-hydrogen) atoms. The van der Waals surface area contributed by atoms with Crippen molar-refractivity contribution in [3.05, 3.63) is 0 Å². The Balaban J connectivity index is 2.15. The quantitative estimate of drug-likeness (QED) is 0.733. The summed E-state index contributed by atoms with van der Waals surface area (Å²) in [6.07, 6.45) is 6.79. The van der Waals surface area contributed by atoms with Crippen molar-refractivity contribution in [1.82, 2.24) is 4.90 Å². The van der Waals surface area contributed by atoms with Gasteiger partial charge in [0.05, 0.1) is 0 Å².